The van der Waals surface area contributed by atoms with Crippen LogP contribution in [0.3, 0.4) is 0 Å². The van der Waals surface area contributed by atoms with Crippen LogP contribution >= 0.6 is 0 Å². The monoisotopic (exact) mass is 493 g/mol. The summed E-state index contributed by atoms with van der Waals surface area (Å²) >= 11 is 0. The molecule has 0 saturated heterocycles. The zero-order valence-electron chi connectivity index (χ0n) is 19.1. The van der Waals surface area contributed by atoms with Crippen molar-refractivity contribution in [1.29, 1.82) is 0 Å². The van der Waals surface area contributed by atoms with Crippen molar-refractivity contribution in [3.05, 3.63) is 107 Å². The molecule has 8 heteroatoms. The van der Waals surface area contributed by atoms with E-state index in [0.29, 0.717) is 16.3 Å². The molecule has 0 bridgehead atoms. The number of carbonyl (C=O) groups excluding carboxylic acids is 1. The zero-order valence-corrected chi connectivity index (χ0v) is 19.1. The van der Waals surface area contributed by atoms with Crippen LogP contribution in [0.2, 0.25) is 0 Å². The third-order valence-electron chi connectivity index (χ3n) is 6.72. The molecule has 0 saturated carbocycles. The Morgan fingerprint density at radius 3 is 2.08 bits per heavy atom. The Balaban J connectivity index is 1.79. The fraction of sp³-hybridized carbons (Fsp3) is 0.179. The van der Waals surface area contributed by atoms with Gasteiger partial charge < -0.3 is 14.9 Å². The van der Waals surface area contributed by atoms with Crippen LogP contribution in [-0.4, -0.2) is 23.3 Å². The van der Waals surface area contributed by atoms with E-state index in [0.717, 1.165) is 17.7 Å². The second-order valence-corrected chi connectivity index (χ2v) is 8.79. The summed E-state index contributed by atoms with van der Waals surface area (Å²) in [6.07, 6.45) is -4.45. The molecule has 5 rings (SSSR count). The van der Waals surface area contributed by atoms with E-state index in [1.54, 1.807) is 36.4 Å². The van der Waals surface area contributed by atoms with Gasteiger partial charge in [-0.3, -0.25) is 5.32 Å². The SMILES string of the molecule is COC(=O)[C@]1(Cc2ccccc2)N[C@H](c2ccc(C(F)(F)F)cc2)c2c1c(O)c1ccccc1c2O. The van der Waals surface area contributed by atoms with E-state index in [1.807, 2.05) is 18.2 Å². The third kappa shape index (κ3) is 3.65. The van der Waals surface area contributed by atoms with Crippen LogP contribution in [0, 0.1) is 0 Å². The number of nitrogens with one attached hydrogen (secondary N) is 1. The van der Waals surface area contributed by atoms with Crippen molar-refractivity contribution >= 4 is 16.7 Å². The Morgan fingerprint density at radius 1 is 0.917 bits per heavy atom. The number of ether oxygens (including phenoxy) is 1. The molecule has 0 fully saturated rings. The van der Waals surface area contributed by atoms with Gasteiger partial charge in [-0.25, -0.2) is 4.79 Å². The Bertz CT molecular complexity index is 1450. The van der Waals surface area contributed by atoms with E-state index in [-0.39, 0.29) is 29.0 Å². The first-order chi connectivity index (χ1) is 17.2. The molecule has 3 N–H and O–H groups in total. The molecule has 0 aromatic heterocycles. The normalized spacial score (nSPS) is 19.3. The van der Waals surface area contributed by atoms with Gasteiger partial charge in [-0.2, -0.15) is 13.2 Å². The molecule has 0 spiro atoms. The summed E-state index contributed by atoms with van der Waals surface area (Å²) < 4.78 is 44.8. The van der Waals surface area contributed by atoms with Crippen LogP contribution in [0.4, 0.5) is 13.2 Å². The topological polar surface area (TPSA) is 78.8 Å². The lowest BCUT2D eigenvalue weighted by atomic mass is 9.81. The summed E-state index contributed by atoms with van der Waals surface area (Å²) in [7, 11) is 1.22. The molecule has 4 aromatic rings. The molecule has 4 aromatic carbocycles. The maximum atomic E-state index is 13.4. The molecular weight excluding hydrogens is 471 g/mol. The fourth-order valence-electron chi connectivity index (χ4n) is 5.09. The highest BCUT2D eigenvalue weighted by atomic mass is 19.4. The number of rotatable bonds is 4. The molecule has 184 valence electrons. The molecule has 0 unspecified atom stereocenters. The van der Waals surface area contributed by atoms with Gasteiger partial charge in [0.2, 0.25) is 0 Å². The van der Waals surface area contributed by atoms with Gasteiger partial charge in [0, 0.05) is 28.3 Å². The lowest BCUT2D eigenvalue weighted by Crippen LogP contribution is -2.48. The highest BCUT2D eigenvalue weighted by Gasteiger charge is 2.54. The molecule has 1 aliphatic rings. The quantitative estimate of drug-likeness (QED) is 0.256. The van der Waals surface area contributed by atoms with E-state index < -0.39 is 29.3 Å². The number of methoxy groups -OCH3 is 1. The molecule has 0 radical (unpaired) electrons. The van der Waals surface area contributed by atoms with Crippen LogP contribution in [0.5, 0.6) is 11.5 Å². The van der Waals surface area contributed by atoms with Gasteiger partial charge in [0.25, 0.3) is 0 Å². The second-order valence-electron chi connectivity index (χ2n) is 8.79. The molecule has 0 amide bonds. The van der Waals surface area contributed by atoms with Gasteiger partial charge in [0.1, 0.15) is 11.5 Å². The first-order valence-electron chi connectivity index (χ1n) is 11.2. The maximum Gasteiger partial charge on any atom is 0.416 e. The Labute approximate surface area is 204 Å². The van der Waals surface area contributed by atoms with Crippen molar-refractivity contribution in [3.8, 4) is 11.5 Å². The highest BCUT2D eigenvalue weighted by molar-refractivity contribution is 6.00. The first-order valence-corrected chi connectivity index (χ1v) is 11.2. The van der Waals surface area contributed by atoms with Crippen molar-refractivity contribution < 1.29 is 32.9 Å². The van der Waals surface area contributed by atoms with Crippen molar-refractivity contribution in [2.24, 2.45) is 0 Å². The minimum atomic E-state index is -4.51. The van der Waals surface area contributed by atoms with Crippen LogP contribution in [-0.2, 0) is 27.7 Å². The van der Waals surface area contributed by atoms with E-state index in [4.69, 9.17) is 4.74 Å². The maximum absolute atomic E-state index is 13.4. The minimum absolute atomic E-state index is 0.0655. The molecular formula is C28H22F3NO4. The number of phenolic OH excluding ortho intramolecular Hbond substituents is 2. The summed E-state index contributed by atoms with van der Waals surface area (Å²) in [4.78, 5) is 13.4. The van der Waals surface area contributed by atoms with Crippen molar-refractivity contribution in [2.45, 2.75) is 24.2 Å². The highest BCUT2D eigenvalue weighted by Crippen LogP contribution is 2.54. The third-order valence-corrected chi connectivity index (χ3v) is 6.72. The van der Waals surface area contributed by atoms with E-state index in [1.165, 1.54) is 19.2 Å². The second kappa shape index (κ2) is 8.57. The summed E-state index contributed by atoms with van der Waals surface area (Å²) in [5, 5.41) is 26.8. The zero-order chi connectivity index (χ0) is 25.7. The molecule has 36 heavy (non-hydrogen) atoms. The number of aromatic hydroxyl groups is 2. The Kier molecular flexibility index (Phi) is 5.64. The Hall–Kier alpha value is -4.04. The summed E-state index contributed by atoms with van der Waals surface area (Å²) in [6, 6.07) is 19.3. The molecule has 1 heterocycles. The molecule has 0 aliphatic carbocycles. The van der Waals surface area contributed by atoms with Gasteiger partial charge >= 0.3 is 12.1 Å². The number of phenols is 2. The van der Waals surface area contributed by atoms with E-state index in [2.05, 4.69) is 5.32 Å². The lowest BCUT2D eigenvalue weighted by Gasteiger charge is -2.30. The summed E-state index contributed by atoms with van der Waals surface area (Å²) in [5.74, 6) is -1.08. The van der Waals surface area contributed by atoms with Gasteiger partial charge in [-0.05, 0) is 23.3 Å². The average Bonchev–Trinajstić information content (AvgIpc) is 3.23. The number of halogens is 3. The van der Waals surface area contributed by atoms with Crippen LogP contribution < -0.4 is 5.32 Å². The van der Waals surface area contributed by atoms with Crippen molar-refractivity contribution in [1.82, 2.24) is 5.32 Å². The average molecular weight is 493 g/mol. The van der Waals surface area contributed by atoms with Gasteiger partial charge in [0.05, 0.1) is 18.7 Å². The summed E-state index contributed by atoms with van der Waals surface area (Å²) in [6.45, 7) is 0. The predicted molar refractivity (Wildman–Crippen MR) is 128 cm³/mol. The molecule has 1 aliphatic heterocycles. The van der Waals surface area contributed by atoms with Crippen molar-refractivity contribution in [2.75, 3.05) is 7.11 Å². The Morgan fingerprint density at radius 2 is 1.50 bits per heavy atom. The van der Waals surface area contributed by atoms with Crippen LogP contribution in [0.25, 0.3) is 10.8 Å². The number of hydrogen-bond acceptors (Lipinski definition) is 5. The number of esters is 1. The molecule has 2 atom stereocenters. The standard InChI is InChI=1S/C28H22F3NO4/c1-36-26(35)27(15-16-7-3-2-4-8-16)22-21(24(33)19-9-5-6-10-20(19)25(22)34)23(32-27)17-11-13-18(14-12-17)28(29,30)31/h2-14,23,32-34H,15H2,1H3/t23-,27-/m1/s1. The van der Waals surface area contributed by atoms with Crippen LogP contribution in [0.1, 0.15) is 33.9 Å². The number of alkyl halides is 3. The van der Waals surface area contributed by atoms with Crippen molar-refractivity contribution in [3.63, 3.8) is 0 Å². The number of benzene rings is 4. The van der Waals surface area contributed by atoms with Gasteiger partial charge in [0.15, 0.2) is 5.54 Å². The minimum Gasteiger partial charge on any atom is -0.507 e. The number of carbonyl (C=O) groups is 1. The van der Waals surface area contributed by atoms with Crippen LogP contribution in [0.15, 0.2) is 78.9 Å². The van der Waals surface area contributed by atoms with E-state index in [9.17, 15) is 28.2 Å². The number of hydrogen-bond donors (Lipinski definition) is 3. The largest absolute Gasteiger partial charge is 0.507 e. The number of fused-ring (bicyclic) bond motifs is 2. The molecule has 5 nitrogen and oxygen atoms in total. The summed E-state index contributed by atoms with van der Waals surface area (Å²) in [5.41, 5.74) is -0.954. The lowest BCUT2D eigenvalue weighted by molar-refractivity contribution is -0.149. The first kappa shape index (κ1) is 23.7. The van der Waals surface area contributed by atoms with Gasteiger partial charge in [-0.1, -0.05) is 66.7 Å². The van der Waals surface area contributed by atoms with Gasteiger partial charge in [-0.15, -0.1) is 0 Å². The fourth-order valence-corrected chi connectivity index (χ4v) is 5.09. The predicted octanol–water partition coefficient (Wildman–Crippen LogP) is 5.57. The van der Waals surface area contributed by atoms with E-state index >= 15 is 0 Å². The smallest absolute Gasteiger partial charge is 0.416 e.